The van der Waals surface area contributed by atoms with Gasteiger partial charge in [-0.05, 0) is 32.1 Å². The van der Waals surface area contributed by atoms with Gasteiger partial charge >= 0.3 is 0 Å². The first-order valence-electron chi connectivity index (χ1n) is 7.38. The van der Waals surface area contributed by atoms with E-state index in [1.165, 1.54) is 37.0 Å². The van der Waals surface area contributed by atoms with Crippen molar-refractivity contribution in [2.24, 2.45) is 0 Å². The summed E-state index contributed by atoms with van der Waals surface area (Å²) in [7, 11) is -2.91. The lowest BCUT2D eigenvalue weighted by atomic mass is 10.1. The smallest absolute Gasteiger partial charge is 0.275 e. The van der Waals surface area contributed by atoms with Crippen LogP contribution in [0.25, 0.3) is 0 Å². The summed E-state index contributed by atoms with van der Waals surface area (Å²) in [5.41, 5.74) is 0. The fourth-order valence-corrected chi connectivity index (χ4v) is 4.67. The van der Waals surface area contributed by atoms with E-state index in [1.54, 1.807) is 0 Å². The molecule has 2 heterocycles. The van der Waals surface area contributed by atoms with Gasteiger partial charge in [-0.1, -0.05) is 6.42 Å². The van der Waals surface area contributed by atoms with E-state index in [4.69, 9.17) is 0 Å². The highest BCUT2D eigenvalue weighted by Crippen LogP contribution is 2.10. The maximum Gasteiger partial charge on any atom is 0.275 e. The molecule has 5 nitrogen and oxygen atoms in total. The largest absolute Gasteiger partial charge is 0.347 e. The van der Waals surface area contributed by atoms with Gasteiger partial charge in [0.2, 0.25) is 0 Å². The van der Waals surface area contributed by atoms with Gasteiger partial charge in [0.25, 0.3) is 5.91 Å². The van der Waals surface area contributed by atoms with E-state index in [2.05, 4.69) is 5.32 Å². The van der Waals surface area contributed by atoms with Crippen LogP contribution in [0.5, 0.6) is 0 Å². The van der Waals surface area contributed by atoms with Crippen LogP contribution in [0.4, 0.5) is 0 Å². The number of carbonyl (C=O) groups is 1. The number of hydrogen-bond acceptors (Lipinski definition) is 3. The van der Waals surface area contributed by atoms with Crippen LogP contribution in [0.3, 0.4) is 0 Å². The number of quaternary nitrogens is 1. The predicted molar refractivity (Wildman–Crippen MR) is 73.9 cm³/mol. The first-order chi connectivity index (χ1) is 9.05. The van der Waals surface area contributed by atoms with Crippen LogP contribution in [-0.4, -0.2) is 51.5 Å². The molecule has 0 spiro atoms. The number of carbonyl (C=O) groups excluding carboxylic acids is 1. The minimum Gasteiger partial charge on any atom is -0.347 e. The summed E-state index contributed by atoms with van der Waals surface area (Å²) in [4.78, 5) is 13.3. The fourth-order valence-electron chi connectivity index (χ4n) is 3.00. The zero-order chi connectivity index (χ0) is 13.7. The van der Waals surface area contributed by atoms with Crippen LogP contribution >= 0.6 is 0 Å². The third kappa shape index (κ3) is 5.10. The average Bonchev–Trinajstić information content (AvgIpc) is 2.61. The maximum atomic E-state index is 11.9. The lowest BCUT2D eigenvalue weighted by Gasteiger charge is -2.22. The summed E-state index contributed by atoms with van der Waals surface area (Å²) >= 11 is 0. The van der Waals surface area contributed by atoms with Crippen LogP contribution in [0, 0.1) is 0 Å². The molecule has 6 heteroatoms. The van der Waals surface area contributed by atoms with Crippen molar-refractivity contribution >= 4 is 15.7 Å². The quantitative estimate of drug-likeness (QED) is 0.710. The van der Waals surface area contributed by atoms with Gasteiger partial charge in [-0.3, -0.25) is 4.79 Å². The minimum atomic E-state index is -2.91. The number of likely N-dealkylation sites (tertiary alicyclic amines) is 1. The monoisotopic (exact) mass is 289 g/mol. The molecule has 0 radical (unpaired) electrons. The van der Waals surface area contributed by atoms with Crippen molar-refractivity contribution in [1.29, 1.82) is 0 Å². The topological polar surface area (TPSA) is 67.7 Å². The van der Waals surface area contributed by atoms with Crippen molar-refractivity contribution in [2.75, 3.05) is 31.1 Å². The highest BCUT2D eigenvalue weighted by Gasteiger charge is 2.29. The van der Waals surface area contributed by atoms with E-state index in [0.29, 0.717) is 13.0 Å². The molecule has 2 aliphatic rings. The van der Waals surface area contributed by atoms with E-state index in [0.717, 1.165) is 13.1 Å². The average molecular weight is 289 g/mol. The molecule has 0 unspecified atom stereocenters. The fraction of sp³-hybridized carbons (Fsp3) is 0.923. The summed E-state index contributed by atoms with van der Waals surface area (Å²) in [6.07, 6.45) is 6.82. The van der Waals surface area contributed by atoms with E-state index in [1.807, 2.05) is 0 Å². The van der Waals surface area contributed by atoms with E-state index in [9.17, 15) is 13.2 Å². The van der Waals surface area contributed by atoms with Crippen LogP contribution in [-0.2, 0) is 14.6 Å². The Bertz CT molecular complexity index is 400. The van der Waals surface area contributed by atoms with E-state index >= 15 is 0 Å². The van der Waals surface area contributed by atoms with E-state index < -0.39 is 9.84 Å². The van der Waals surface area contributed by atoms with Gasteiger partial charge in [0.1, 0.15) is 0 Å². The van der Waals surface area contributed by atoms with Crippen LogP contribution in [0.1, 0.15) is 38.5 Å². The molecule has 19 heavy (non-hydrogen) atoms. The van der Waals surface area contributed by atoms with Crippen LogP contribution in [0.2, 0.25) is 0 Å². The Morgan fingerprint density at radius 1 is 1.11 bits per heavy atom. The Labute approximate surface area is 115 Å². The predicted octanol–water partition coefficient (Wildman–Crippen LogP) is -0.861. The van der Waals surface area contributed by atoms with Crippen molar-refractivity contribution in [1.82, 2.24) is 5.32 Å². The molecule has 1 atom stereocenters. The summed E-state index contributed by atoms with van der Waals surface area (Å²) in [5.74, 6) is 0.348. The van der Waals surface area contributed by atoms with Gasteiger partial charge in [-0.2, -0.15) is 0 Å². The Kier molecular flexibility index (Phi) is 5.21. The van der Waals surface area contributed by atoms with Crippen molar-refractivity contribution in [2.45, 2.75) is 44.6 Å². The zero-order valence-electron chi connectivity index (χ0n) is 11.5. The van der Waals surface area contributed by atoms with Gasteiger partial charge in [-0.15, -0.1) is 0 Å². The molecule has 2 aliphatic heterocycles. The molecule has 0 aliphatic carbocycles. The summed E-state index contributed by atoms with van der Waals surface area (Å²) in [6.45, 7) is 2.63. The maximum absolute atomic E-state index is 11.9. The number of sulfone groups is 1. The lowest BCUT2D eigenvalue weighted by molar-refractivity contribution is -0.893. The summed E-state index contributed by atoms with van der Waals surface area (Å²) < 4.78 is 22.7. The molecule has 0 bridgehead atoms. The molecule has 0 saturated carbocycles. The molecular weight excluding hydrogens is 264 g/mol. The Balaban J connectivity index is 1.74. The van der Waals surface area contributed by atoms with Crippen LogP contribution < -0.4 is 10.2 Å². The molecule has 2 N–H and O–H groups in total. The molecule has 110 valence electrons. The molecule has 1 amide bonds. The second kappa shape index (κ2) is 6.70. The first kappa shape index (κ1) is 14.8. The normalized spacial score (nSPS) is 28.5. The number of amides is 1. The third-order valence-electron chi connectivity index (χ3n) is 4.07. The summed E-state index contributed by atoms with van der Waals surface area (Å²) in [5, 5.41) is 2.88. The summed E-state index contributed by atoms with van der Waals surface area (Å²) in [6, 6.07) is -0.161. The first-order valence-corrected chi connectivity index (χ1v) is 9.21. The SMILES string of the molecule is O=C(C[NH+]1CCCCCCC1)N[C@@H]1CCS(=O)(=O)C1. The molecule has 2 saturated heterocycles. The third-order valence-corrected chi connectivity index (χ3v) is 5.84. The van der Waals surface area contributed by atoms with E-state index in [-0.39, 0.29) is 23.5 Å². The van der Waals surface area contributed by atoms with Gasteiger partial charge in [-0.25, -0.2) is 8.42 Å². The lowest BCUT2D eigenvalue weighted by Crippen LogP contribution is -3.13. The van der Waals surface area contributed by atoms with Crippen LogP contribution in [0.15, 0.2) is 0 Å². The number of rotatable bonds is 3. The van der Waals surface area contributed by atoms with Gasteiger partial charge in [0.15, 0.2) is 16.4 Å². The second-order valence-corrected chi connectivity index (χ2v) is 8.09. The standard InChI is InChI=1S/C13H24N2O3S/c16-13(14-12-6-9-19(17,18)11-12)10-15-7-4-2-1-3-5-8-15/h12H,1-11H2,(H,14,16)/p+1/t12-/m1/s1. The van der Waals surface area contributed by atoms with Gasteiger partial charge in [0, 0.05) is 6.04 Å². The highest BCUT2D eigenvalue weighted by atomic mass is 32.2. The van der Waals surface area contributed by atoms with Gasteiger partial charge in [0.05, 0.1) is 24.6 Å². The van der Waals surface area contributed by atoms with Gasteiger partial charge < -0.3 is 10.2 Å². The Morgan fingerprint density at radius 3 is 2.32 bits per heavy atom. The van der Waals surface area contributed by atoms with Crippen molar-refractivity contribution < 1.29 is 18.1 Å². The number of nitrogens with one attached hydrogen (secondary N) is 2. The number of hydrogen-bond donors (Lipinski definition) is 2. The molecule has 2 fully saturated rings. The molecule has 2 rings (SSSR count). The second-order valence-electron chi connectivity index (χ2n) is 5.86. The Hall–Kier alpha value is -0.620. The highest BCUT2D eigenvalue weighted by molar-refractivity contribution is 7.91. The zero-order valence-corrected chi connectivity index (χ0v) is 12.3. The minimum absolute atomic E-state index is 0.0117. The molecule has 0 aromatic heterocycles. The molecule has 0 aromatic rings. The van der Waals surface area contributed by atoms with Crippen molar-refractivity contribution in [3.05, 3.63) is 0 Å². The van der Waals surface area contributed by atoms with Crippen molar-refractivity contribution in [3.8, 4) is 0 Å². The van der Waals surface area contributed by atoms with Crippen molar-refractivity contribution in [3.63, 3.8) is 0 Å². The Morgan fingerprint density at radius 2 is 1.74 bits per heavy atom. The molecular formula is C13H25N2O3S+. The molecule has 0 aromatic carbocycles.